The first kappa shape index (κ1) is 13.1. The molecule has 0 radical (unpaired) electrons. The summed E-state index contributed by atoms with van der Waals surface area (Å²) < 4.78 is 13.7. The van der Waals surface area contributed by atoms with Crippen molar-refractivity contribution in [1.29, 1.82) is 0 Å². The number of rotatable bonds is 3. The summed E-state index contributed by atoms with van der Waals surface area (Å²) in [6.45, 7) is 2.62. The largest absolute Gasteiger partial charge is 0.299 e. The predicted octanol–water partition coefficient (Wildman–Crippen LogP) is 3.93. The molecule has 0 unspecified atom stereocenters. The third kappa shape index (κ3) is 3.34. The van der Waals surface area contributed by atoms with Gasteiger partial charge < -0.3 is 0 Å². The third-order valence-corrected chi connectivity index (χ3v) is 4.08. The van der Waals surface area contributed by atoms with Gasteiger partial charge in [-0.25, -0.2) is 4.39 Å². The number of halogens is 3. The molecule has 0 saturated carbocycles. The molecule has 2 rings (SSSR count). The number of nitrogens with zero attached hydrogens (tertiary/aromatic N) is 1. The Bertz CT molecular complexity index is 376. The van der Waals surface area contributed by atoms with E-state index in [2.05, 4.69) is 4.90 Å². The van der Waals surface area contributed by atoms with Gasteiger partial charge in [0.05, 0.1) is 5.02 Å². The number of hydrogen-bond donors (Lipinski definition) is 0. The van der Waals surface area contributed by atoms with E-state index >= 15 is 0 Å². The molecule has 94 valence electrons. The fourth-order valence-electron chi connectivity index (χ4n) is 2.21. The topological polar surface area (TPSA) is 3.24 Å². The lowest BCUT2D eigenvalue weighted by molar-refractivity contribution is 0.184. The molecule has 1 saturated heterocycles. The molecule has 1 aromatic rings. The Morgan fingerprint density at radius 1 is 1.29 bits per heavy atom. The summed E-state index contributed by atoms with van der Waals surface area (Å²) in [6.07, 6.45) is 2.21. The molecule has 1 aliphatic rings. The number of benzene rings is 1. The van der Waals surface area contributed by atoms with E-state index in [4.69, 9.17) is 23.2 Å². The Morgan fingerprint density at radius 2 is 2.00 bits per heavy atom. The summed E-state index contributed by atoms with van der Waals surface area (Å²) in [5.41, 5.74) is 0.682. The van der Waals surface area contributed by atoms with Gasteiger partial charge in [0.2, 0.25) is 0 Å². The highest BCUT2D eigenvalue weighted by Crippen LogP contribution is 2.23. The first-order chi connectivity index (χ1) is 8.20. The van der Waals surface area contributed by atoms with Crippen molar-refractivity contribution >= 4 is 23.2 Å². The van der Waals surface area contributed by atoms with Crippen LogP contribution in [-0.4, -0.2) is 23.9 Å². The highest BCUT2D eigenvalue weighted by molar-refractivity contribution is 6.30. The Morgan fingerprint density at radius 3 is 2.65 bits per heavy atom. The Balaban J connectivity index is 1.95. The Labute approximate surface area is 112 Å². The van der Waals surface area contributed by atoms with Crippen LogP contribution < -0.4 is 0 Å². The molecule has 1 aliphatic heterocycles. The average molecular weight is 276 g/mol. The number of alkyl halides is 1. The van der Waals surface area contributed by atoms with Gasteiger partial charge >= 0.3 is 0 Å². The van der Waals surface area contributed by atoms with Crippen molar-refractivity contribution in [1.82, 2.24) is 4.90 Å². The average Bonchev–Trinajstić information content (AvgIpc) is 2.36. The van der Waals surface area contributed by atoms with Gasteiger partial charge in [-0.2, -0.15) is 0 Å². The number of piperidine rings is 1. The van der Waals surface area contributed by atoms with Crippen molar-refractivity contribution in [3.05, 3.63) is 34.6 Å². The van der Waals surface area contributed by atoms with E-state index in [1.54, 1.807) is 18.2 Å². The maximum Gasteiger partial charge on any atom is 0.146 e. The van der Waals surface area contributed by atoms with Crippen LogP contribution in [0.3, 0.4) is 0 Å². The smallest absolute Gasteiger partial charge is 0.146 e. The lowest BCUT2D eigenvalue weighted by Crippen LogP contribution is -2.33. The molecule has 0 atom stereocenters. The minimum atomic E-state index is -0.284. The van der Waals surface area contributed by atoms with Gasteiger partial charge in [0.1, 0.15) is 5.82 Å². The van der Waals surface area contributed by atoms with Crippen LogP contribution in [0.1, 0.15) is 18.4 Å². The van der Waals surface area contributed by atoms with Gasteiger partial charge in [-0.05, 0) is 37.9 Å². The molecule has 4 heteroatoms. The van der Waals surface area contributed by atoms with E-state index in [0.29, 0.717) is 18.0 Å². The van der Waals surface area contributed by atoms with E-state index in [1.165, 1.54) is 0 Å². The molecule has 0 aromatic heterocycles. The highest BCUT2D eigenvalue weighted by Gasteiger charge is 2.19. The van der Waals surface area contributed by atoms with E-state index in [0.717, 1.165) is 31.8 Å². The number of likely N-dealkylation sites (tertiary alicyclic amines) is 1. The van der Waals surface area contributed by atoms with Crippen LogP contribution in [0, 0.1) is 11.7 Å². The van der Waals surface area contributed by atoms with E-state index < -0.39 is 0 Å². The second-order valence-corrected chi connectivity index (χ2v) is 5.30. The van der Waals surface area contributed by atoms with Gasteiger partial charge in [-0.15, -0.1) is 11.6 Å². The minimum Gasteiger partial charge on any atom is -0.299 e. The van der Waals surface area contributed by atoms with Gasteiger partial charge in [0.25, 0.3) is 0 Å². The first-order valence-corrected chi connectivity index (χ1v) is 6.83. The molecular formula is C13H16Cl2FN. The highest BCUT2D eigenvalue weighted by atomic mass is 35.5. The van der Waals surface area contributed by atoms with Crippen LogP contribution in [-0.2, 0) is 6.54 Å². The molecule has 0 N–H and O–H groups in total. The summed E-state index contributed by atoms with van der Waals surface area (Å²) in [5.74, 6) is 1.07. The second kappa shape index (κ2) is 6.03. The van der Waals surface area contributed by atoms with Crippen LogP contribution in [0.15, 0.2) is 18.2 Å². The monoisotopic (exact) mass is 275 g/mol. The lowest BCUT2D eigenvalue weighted by Gasteiger charge is -2.31. The van der Waals surface area contributed by atoms with Crippen molar-refractivity contribution in [2.75, 3.05) is 19.0 Å². The SMILES string of the molecule is Fc1c(Cl)cccc1CN1CCC(CCl)CC1. The number of hydrogen-bond acceptors (Lipinski definition) is 1. The van der Waals surface area contributed by atoms with Crippen LogP contribution in [0.2, 0.25) is 5.02 Å². The summed E-state index contributed by atoms with van der Waals surface area (Å²) in [5, 5.41) is 0.207. The zero-order chi connectivity index (χ0) is 12.3. The second-order valence-electron chi connectivity index (χ2n) is 4.59. The summed E-state index contributed by atoms with van der Waals surface area (Å²) in [7, 11) is 0. The normalized spacial score (nSPS) is 18.5. The molecule has 1 heterocycles. The Kier molecular flexibility index (Phi) is 4.66. The van der Waals surface area contributed by atoms with Gasteiger partial charge in [-0.1, -0.05) is 23.7 Å². The fraction of sp³-hybridized carbons (Fsp3) is 0.538. The van der Waals surface area contributed by atoms with Crippen molar-refractivity contribution < 1.29 is 4.39 Å². The molecule has 1 aromatic carbocycles. The zero-order valence-electron chi connectivity index (χ0n) is 9.63. The molecule has 1 nitrogen and oxygen atoms in total. The van der Waals surface area contributed by atoms with Crippen LogP contribution in [0.4, 0.5) is 4.39 Å². The summed E-state index contributed by atoms with van der Waals surface area (Å²) in [4.78, 5) is 2.26. The fourth-order valence-corrected chi connectivity index (χ4v) is 2.71. The molecule has 1 fully saturated rings. The first-order valence-electron chi connectivity index (χ1n) is 5.92. The summed E-state index contributed by atoms with van der Waals surface area (Å²) >= 11 is 11.6. The zero-order valence-corrected chi connectivity index (χ0v) is 11.1. The third-order valence-electron chi connectivity index (χ3n) is 3.35. The van der Waals surface area contributed by atoms with Gasteiger partial charge in [0.15, 0.2) is 0 Å². The molecule has 0 amide bonds. The molecule has 0 aliphatic carbocycles. The van der Waals surface area contributed by atoms with E-state index in [9.17, 15) is 4.39 Å². The van der Waals surface area contributed by atoms with Gasteiger partial charge in [0, 0.05) is 18.0 Å². The van der Waals surface area contributed by atoms with Crippen molar-refractivity contribution in [2.24, 2.45) is 5.92 Å². The van der Waals surface area contributed by atoms with E-state index in [-0.39, 0.29) is 10.8 Å². The Hall–Kier alpha value is -0.310. The molecule has 0 spiro atoms. The van der Waals surface area contributed by atoms with Crippen LogP contribution in [0.5, 0.6) is 0 Å². The predicted molar refractivity (Wildman–Crippen MR) is 70.1 cm³/mol. The van der Waals surface area contributed by atoms with E-state index in [1.807, 2.05) is 0 Å². The summed E-state index contributed by atoms with van der Waals surface area (Å²) in [6, 6.07) is 5.18. The maximum absolute atomic E-state index is 13.7. The molecule has 0 bridgehead atoms. The molecule has 17 heavy (non-hydrogen) atoms. The van der Waals surface area contributed by atoms with Crippen LogP contribution >= 0.6 is 23.2 Å². The lowest BCUT2D eigenvalue weighted by atomic mass is 9.98. The van der Waals surface area contributed by atoms with Crippen LogP contribution in [0.25, 0.3) is 0 Å². The van der Waals surface area contributed by atoms with Gasteiger partial charge in [-0.3, -0.25) is 4.90 Å². The van der Waals surface area contributed by atoms with Crippen molar-refractivity contribution in [3.8, 4) is 0 Å². The van der Waals surface area contributed by atoms with Crippen molar-refractivity contribution in [3.63, 3.8) is 0 Å². The van der Waals surface area contributed by atoms with Crippen molar-refractivity contribution in [2.45, 2.75) is 19.4 Å². The quantitative estimate of drug-likeness (QED) is 0.756. The minimum absolute atomic E-state index is 0.207. The maximum atomic E-state index is 13.7. The standard InChI is InChI=1S/C13H16Cl2FN/c14-8-10-4-6-17(7-5-10)9-11-2-1-3-12(15)13(11)16/h1-3,10H,4-9H2. The molecular weight excluding hydrogens is 260 g/mol.